The molecule has 1 aromatic heterocycles. The second-order valence-corrected chi connectivity index (χ2v) is 6.65. The quantitative estimate of drug-likeness (QED) is 0.527. The summed E-state index contributed by atoms with van der Waals surface area (Å²) in [7, 11) is 1.62. The number of carbonyl (C=O) groups excluding carboxylic acids is 1. The molecule has 3 rings (SSSR count). The molecule has 0 saturated carbocycles. The zero-order valence-electron chi connectivity index (χ0n) is 16.6. The van der Waals surface area contributed by atoms with Gasteiger partial charge in [0, 0.05) is 11.3 Å². The summed E-state index contributed by atoms with van der Waals surface area (Å²) in [6, 6.07) is 17.1. The molecule has 0 aliphatic carbocycles. The molecular weight excluding hydrogens is 352 g/mol. The summed E-state index contributed by atoms with van der Waals surface area (Å²) in [4.78, 5) is 12.5. The highest BCUT2D eigenvalue weighted by atomic mass is 16.5. The van der Waals surface area contributed by atoms with Crippen LogP contribution in [0, 0.1) is 13.8 Å². The largest absolute Gasteiger partial charge is 0.497 e. The van der Waals surface area contributed by atoms with Crippen molar-refractivity contribution < 1.29 is 9.53 Å². The molecule has 28 heavy (non-hydrogen) atoms. The van der Waals surface area contributed by atoms with Crippen LogP contribution in [0.2, 0.25) is 0 Å². The molecule has 0 radical (unpaired) electrons. The number of nitrogens with zero attached hydrogens (tertiary/aromatic N) is 3. The molecule has 6 nitrogen and oxygen atoms in total. The molecule has 0 aliphatic rings. The van der Waals surface area contributed by atoms with Gasteiger partial charge in [0.2, 0.25) is 0 Å². The molecule has 2 aromatic carbocycles. The fourth-order valence-corrected chi connectivity index (χ4v) is 2.91. The topological polar surface area (TPSA) is 68.5 Å². The van der Waals surface area contributed by atoms with Crippen LogP contribution in [0.1, 0.15) is 39.8 Å². The van der Waals surface area contributed by atoms with Gasteiger partial charge < -0.3 is 4.74 Å². The minimum absolute atomic E-state index is 0.247. The minimum Gasteiger partial charge on any atom is -0.497 e. The number of hydrazone groups is 1. The number of ether oxygens (including phenoxy) is 1. The number of nitrogens with one attached hydrogen (secondary N) is 1. The van der Waals surface area contributed by atoms with Crippen molar-refractivity contribution in [2.24, 2.45) is 5.10 Å². The van der Waals surface area contributed by atoms with Crippen LogP contribution in [0.4, 0.5) is 0 Å². The van der Waals surface area contributed by atoms with E-state index in [1.54, 1.807) is 13.2 Å². The summed E-state index contributed by atoms with van der Waals surface area (Å²) in [5, 5.41) is 8.69. The number of amides is 1. The van der Waals surface area contributed by atoms with Crippen LogP contribution in [0.3, 0.4) is 0 Å². The van der Waals surface area contributed by atoms with E-state index in [9.17, 15) is 4.79 Å². The number of hydrogen-bond acceptors (Lipinski definition) is 4. The number of hydrogen-bond donors (Lipinski definition) is 1. The summed E-state index contributed by atoms with van der Waals surface area (Å²) in [6.07, 6.45) is 0. The van der Waals surface area contributed by atoms with E-state index in [0.717, 1.165) is 34.0 Å². The van der Waals surface area contributed by atoms with Crippen molar-refractivity contribution in [3.8, 4) is 5.75 Å². The van der Waals surface area contributed by atoms with Gasteiger partial charge in [-0.15, -0.1) is 0 Å². The Hall–Kier alpha value is -3.41. The molecule has 0 fully saturated rings. The zero-order valence-corrected chi connectivity index (χ0v) is 16.6. The van der Waals surface area contributed by atoms with Gasteiger partial charge in [0.05, 0.1) is 25.1 Å². The first-order chi connectivity index (χ1) is 13.5. The molecule has 1 N–H and O–H groups in total. The number of carbonyl (C=O) groups is 1. The minimum atomic E-state index is -0.247. The first kappa shape index (κ1) is 19.4. The lowest BCUT2D eigenvalue weighted by atomic mass is 10.1. The van der Waals surface area contributed by atoms with Crippen molar-refractivity contribution in [1.29, 1.82) is 0 Å². The second-order valence-electron chi connectivity index (χ2n) is 6.65. The fourth-order valence-electron chi connectivity index (χ4n) is 2.91. The van der Waals surface area contributed by atoms with Gasteiger partial charge in [0.1, 0.15) is 5.75 Å². The number of aryl methyl sites for hydroxylation is 2. The molecule has 3 aromatic rings. The van der Waals surface area contributed by atoms with Crippen LogP contribution in [-0.2, 0) is 6.54 Å². The van der Waals surface area contributed by atoms with E-state index in [-0.39, 0.29) is 5.91 Å². The highest BCUT2D eigenvalue weighted by molar-refractivity contribution is 6.00. The summed E-state index contributed by atoms with van der Waals surface area (Å²) < 4.78 is 7.08. The van der Waals surface area contributed by atoms with Crippen LogP contribution in [0.5, 0.6) is 5.75 Å². The highest BCUT2D eigenvalue weighted by Crippen LogP contribution is 2.12. The van der Waals surface area contributed by atoms with Crippen LogP contribution < -0.4 is 10.2 Å². The molecule has 0 saturated heterocycles. The smallest absolute Gasteiger partial charge is 0.271 e. The lowest BCUT2D eigenvalue weighted by Crippen LogP contribution is -2.19. The number of benzene rings is 2. The van der Waals surface area contributed by atoms with Gasteiger partial charge in [-0.2, -0.15) is 10.2 Å². The van der Waals surface area contributed by atoms with Gasteiger partial charge in [0.15, 0.2) is 0 Å². The third kappa shape index (κ3) is 4.65. The third-order valence-electron chi connectivity index (χ3n) is 4.46. The third-order valence-corrected chi connectivity index (χ3v) is 4.46. The van der Waals surface area contributed by atoms with E-state index in [0.29, 0.717) is 12.1 Å². The average molecular weight is 376 g/mol. The molecule has 0 atom stereocenters. The van der Waals surface area contributed by atoms with E-state index < -0.39 is 0 Å². The fraction of sp³-hybridized carbons (Fsp3) is 0.227. The Morgan fingerprint density at radius 2 is 1.86 bits per heavy atom. The molecule has 0 aliphatic heterocycles. The molecular formula is C22H24N4O2. The Labute approximate surface area is 164 Å². The molecule has 0 unspecified atom stereocenters. The van der Waals surface area contributed by atoms with Gasteiger partial charge in [-0.25, -0.2) is 5.43 Å². The summed E-state index contributed by atoms with van der Waals surface area (Å²) in [5.74, 6) is 0.531. The summed E-state index contributed by atoms with van der Waals surface area (Å²) in [6.45, 7) is 6.46. The molecule has 0 bridgehead atoms. The van der Waals surface area contributed by atoms with Gasteiger partial charge in [-0.3, -0.25) is 9.48 Å². The lowest BCUT2D eigenvalue weighted by Gasteiger charge is -2.07. The standard InChI is InChI=1S/C22H24N4O2/c1-15-12-16(2)26(25-15)14-18-6-5-7-20(13-18)22(27)24-23-17(3)19-8-10-21(28-4)11-9-19/h5-13H,14H2,1-4H3,(H,24,27). The Bertz CT molecular complexity index is 1000. The maximum atomic E-state index is 12.5. The molecule has 1 amide bonds. The first-order valence-corrected chi connectivity index (χ1v) is 9.05. The van der Waals surface area contributed by atoms with E-state index in [1.165, 1.54) is 0 Å². The van der Waals surface area contributed by atoms with E-state index >= 15 is 0 Å². The van der Waals surface area contributed by atoms with Crippen LogP contribution in [-0.4, -0.2) is 28.5 Å². The van der Waals surface area contributed by atoms with Crippen LogP contribution in [0.15, 0.2) is 59.7 Å². The Morgan fingerprint density at radius 1 is 1.11 bits per heavy atom. The van der Waals surface area contributed by atoms with Crippen molar-refractivity contribution in [3.63, 3.8) is 0 Å². The highest BCUT2D eigenvalue weighted by Gasteiger charge is 2.08. The molecule has 0 spiro atoms. The van der Waals surface area contributed by atoms with Crippen molar-refractivity contribution in [2.45, 2.75) is 27.3 Å². The van der Waals surface area contributed by atoms with Crippen LogP contribution in [0.25, 0.3) is 0 Å². The van der Waals surface area contributed by atoms with Crippen LogP contribution >= 0.6 is 0 Å². The SMILES string of the molecule is COc1ccc(C(C)=NNC(=O)c2cccc(Cn3nc(C)cc3C)c2)cc1. The zero-order chi connectivity index (χ0) is 20.1. The lowest BCUT2D eigenvalue weighted by molar-refractivity contribution is 0.0954. The van der Waals surface area contributed by atoms with Crippen molar-refractivity contribution in [1.82, 2.24) is 15.2 Å². The number of aromatic nitrogens is 2. The number of methoxy groups -OCH3 is 1. The van der Waals surface area contributed by atoms with Crippen molar-refractivity contribution >= 4 is 11.6 Å². The maximum Gasteiger partial charge on any atom is 0.271 e. The Balaban J connectivity index is 1.69. The van der Waals surface area contributed by atoms with Crippen molar-refractivity contribution in [3.05, 3.63) is 82.7 Å². The summed E-state index contributed by atoms with van der Waals surface area (Å²) >= 11 is 0. The number of rotatable bonds is 6. The van der Waals surface area contributed by atoms with E-state index in [1.807, 2.05) is 74.0 Å². The Kier molecular flexibility index (Phi) is 5.89. The van der Waals surface area contributed by atoms with Gasteiger partial charge in [-0.05, 0) is 74.4 Å². The first-order valence-electron chi connectivity index (χ1n) is 9.05. The van der Waals surface area contributed by atoms with Crippen molar-refractivity contribution in [2.75, 3.05) is 7.11 Å². The van der Waals surface area contributed by atoms with E-state index in [2.05, 4.69) is 15.6 Å². The normalized spacial score (nSPS) is 11.4. The molecule has 1 heterocycles. The van der Waals surface area contributed by atoms with Gasteiger partial charge in [-0.1, -0.05) is 12.1 Å². The van der Waals surface area contributed by atoms with Gasteiger partial charge >= 0.3 is 0 Å². The summed E-state index contributed by atoms with van der Waals surface area (Å²) in [5.41, 5.74) is 7.90. The predicted octanol–water partition coefficient (Wildman–Crippen LogP) is 3.71. The Morgan fingerprint density at radius 3 is 2.50 bits per heavy atom. The maximum absolute atomic E-state index is 12.5. The molecule has 6 heteroatoms. The van der Waals surface area contributed by atoms with E-state index in [4.69, 9.17) is 4.74 Å². The molecule has 144 valence electrons. The average Bonchev–Trinajstić information content (AvgIpc) is 3.02. The van der Waals surface area contributed by atoms with Gasteiger partial charge in [0.25, 0.3) is 5.91 Å². The predicted molar refractivity (Wildman–Crippen MR) is 110 cm³/mol. The second kappa shape index (κ2) is 8.52. The monoisotopic (exact) mass is 376 g/mol.